The smallest absolute Gasteiger partial charge is 0.326 e. The molecule has 0 saturated carbocycles. The molecule has 2 amide bonds. The first-order valence-electron chi connectivity index (χ1n) is 7.41. The van der Waals surface area contributed by atoms with E-state index in [0.29, 0.717) is 12.2 Å². The number of rotatable bonds is 7. The Morgan fingerprint density at radius 2 is 2.17 bits per heavy atom. The van der Waals surface area contributed by atoms with E-state index in [-0.39, 0.29) is 12.4 Å². The predicted molar refractivity (Wildman–Crippen MR) is 92.7 cm³/mol. The molecule has 0 saturated heterocycles. The maximum Gasteiger partial charge on any atom is 0.326 e. The van der Waals surface area contributed by atoms with Crippen molar-refractivity contribution in [3.8, 4) is 0 Å². The van der Waals surface area contributed by atoms with E-state index in [0.717, 1.165) is 16.6 Å². The molecule has 0 spiro atoms. The molecule has 0 aliphatic carbocycles. The van der Waals surface area contributed by atoms with E-state index in [1.807, 2.05) is 6.26 Å². The fourth-order valence-corrected chi connectivity index (χ4v) is 2.80. The predicted octanol–water partition coefficient (Wildman–Crippen LogP) is 2.65. The zero-order chi connectivity index (χ0) is 17.7. The van der Waals surface area contributed by atoms with Gasteiger partial charge in [0.2, 0.25) is 0 Å². The van der Waals surface area contributed by atoms with Crippen LogP contribution < -0.4 is 5.32 Å². The number of carboxylic acids is 1. The Labute approximate surface area is 143 Å². The third-order valence-electron chi connectivity index (χ3n) is 3.60. The monoisotopic (exact) mass is 353 g/mol. The largest absolute Gasteiger partial charge is 0.480 e. The van der Waals surface area contributed by atoms with Crippen LogP contribution in [0.3, 0.4) is 0 Å². The quantitative estimate of drug-likeness (QED) is 0.714. The molecule has 0 bridgehead atoms. The second kappa shape index (κ2) is 8.05. The minimum atomic E-state index is -1.05. The van der Waals surface area contributed by atoms with E-state index < -0.39 is 18.0 Å². The molecule has 24 heavy (non-hydrogen) atoms. The minimum absolute atomic E-state index is 0.261. The van der Waals surface area contributed by atoms with Crippen LogP contribution in [-0.4, -0.2) is 52.1 Å². The number of nitrogens with zero attached hydrogens (tertiary/aromatic N) is 1. The second-order valence-electron chi connectivity index (χ2n) is 5.50. The standard InChI is InChI=1S/C16H20FN3O3S/c1-20(16(23)19-14(15(21)22)5-6-24-2)9-12-8-10-7-11(17)3-4-13(10)18-12/h3-4,7-8,14,18H,5-6,9H2,1-2H3,(H,19,23)(H,21,22)/t14-/m1/s1. The number of aliphatic carboxylic acids is 1. The lowest BCUT2D eigenvalue weighted by atomic mass is 10.2. The topological polar surface area (TPSA) is 85.4 Å². The average molecular weight is 353 g/mol. The van der Waals surface area contributed by atoms with Crippen molar-refractivity contribution >= 4 is 34.7 Å². The van der Waals surface area contributed by atoms with Crippen LogP contribution in [0.25, 0.3) is 10.9 Å². The molecule has 0 radical (unpaired) electrons. The summed E-state index contributed by atoms with van der Waals surface area (Å²) in [6.45, 7) is 0.261. The minimum Gasteiger partial charge on any atom is -0.480 e. The molecule has 1 aromatic heterocycles. The van der Waals surface area contributed by atoms with Crippen LogP contribution in [0.1, 0.15) is 12.1 Å². The summed E-state index contributed by atoms with van der Waals surface area (Å²) < 4.78 is 13.2. The first-order chi connectivity index (χ1) is 11.4. The number of H-pyrrole nitrogens is 1. The maximum atomic E-state index is 13.2. The number of benzene rings is 1. The Bertz CT molecular complexity index is 734. The molecule has 0 aliphatic rings. The molecule has 0 aliphatic heterocycles. The van der Waals surface area contributed by atoms with Gasteiger partial charge in [-0.05, 0) is 42.7 Å². The number of hydrogen-bond donors (Lipinski definition) is 3. The van der Waals surface area contributed by atoms with E-state index in [4.69, 9.17) is 5.11 Å². The Kier molecular flexibility index (Phi) is 6.08. The number of nitrogens with one attached hydrogen (secondary N) is 2. The lowest BCUT2D eigenvalue weighted by Crippen LogP contribution is -2.46. The van der Waals surface area contributed by atoms with Crippen molar-refractivity contribution < 1.29 is 19.1 Å². The van der Waals surface area contributed by atoms with Gasteiger partial charge in [-0.2, -0.15) is 11.8 Å². The molecular formula is C16H20FN3O3S. The van der Waals surface area contributed by atoms with E-state index in [9.17, 15) is 14.0 Å². The summed E-state index contributed by atoms with van der Waals surface area (Å²) >= 11 is 1.53. The first kappa shape index (κ1) is 18.1. The number of thioether (sulfide) groups is 1. The third-order valence-corrected chi connectivity index (χ3v) is 4.24. The van der Waals surface area contributed by atoms with Gasteiger partial charge >= 0.3 is 12.0 Å². The van der Waals surface area contributed by atoms with Crippen LogP contribution in [0, 0.1) is 5.82 Å². The normalized spacial score (nSPS) is 12.1. The van der Waals surface area contributed by atoms with Crippen LogP contribution >= 0.6 is 11.8 Å². The van der Waals surface area contributed by atoms with E-state index >= 15 is 0 Å². The molecule has 8 heteroatoms. The number of hydrogen-bond acceptors (Lipinski definition) is 3. The van der Waals surface area contributed by atoms with Gasteiger partial charge in [0.05, 0.1) is 6.54 Å². The fraction of sp³-hybridized carbons (Fsp3) is 0.375. The molecule has 3 N–H and O–H groups in total. The fourth-order valence-electron chi connectivity index (χ4n) is 2.33. The van der Waals surface area contributed by atoms with Gasteiger partial charge in [-0.25, -0.2) is 14.0 Å². The Balaban J connectivity index is 2.00. The molecule has 0 fully saturated rings. The van der Waals surface area contributed by atoms with Crippen LogP contribution in [0.5, 0.6) is 0 Å². The zero-order valence-corrected chi connectivity index (χ0v) is 14.3. The van der Waals surface area contributed by atoms with Crippen molar-refractivity contribution in [2.24, 2.45) is 0 Å². The highest BCUT2D eigenvalue weighted by atomic mass is 32.2. The average Bonchev–Trinajstić information content (AvgIpc) is 2.91. The van der Waals surface area contributed by atoms with Crippen molar-refractivity contribution in [3.63, 3.8) is 0 Å². The van der Waals surface area contributed by atoms with Crippen molar-refractivity contribution in [2.75, 3.05) is 19.1 Å². The maximum absolute atomic E-state index is 13.2. The molecule has 130 valence electrons. The zero-order valence-electron chi connectivity index (χ0n) is 13.5. The highest BCUT2D eigenvalue weighted by Gasteiger charge is 2.21. The van der Waals surface area contributed by atoms with Crippen LogP contribution in [-0.2, 0) is 11.3 Å². The van der Waals surface area contributed by atoms with Crippen molar-refractivity contribution in [2.45, 2.75) is 19.0 Å². The molecule has 1 heterocycles. The summed E-state index contributed by atoms with van der Waals surface area (Å²) in [7, 11) is 1.58. The number of urea groups is 1. The number of aromatic nitrogens is 1. The lowest BCUT2D eigenvalue weighted by molar-refractivity contribution is -0.139. The van der Waals surface area contributed by atoms with Gasteiger partial charge in [0.15, 0.2) is 0 Å². The Morgan fingerprint density at radius 1 is 1.42 bits per heavy atom. The molecule has 0 unspecified atom stereocenters. The summed E-state index contributed by atoms with van der Waals surface area (Å²) in [5, 5.41) is 12.4. The van der Waals surface area contributed by atoms with Gasteiger partial charge in [0.25, 0.3) is 0 Å². The highest BCUT2D eigenvalue weighted by molar-refractivity contribution is 7.98. The number of fused-ring (bicyclic) bond motifs is 1. The number of halogens is 1. The highest BCUT2D eigenvalue weighted by Crippen LogP contribution is 2.17. The summed E-state index contributed by atoms with van der Waals surface area (Å²) in [6.07, 6.45) is 2.24. The van der Waals surface area contributed by atoms with E-state index in [1.54, 1.807) is 19.2 Å². The van der Waals surface area contributed by atoms with E-state index in [2.05, 4.69) is 10.3 Å². The molecule has 2 rings (SSSR count). The lowest BCUT2D eigenvalue weighted by Gasteiger charge is -2.20. The molecule has 2 aromatic rings. The first-order valence-corrected chi connectivity index (χ1v) is 8.80. The Morgan fingerprint density at radius 3 is 2.83 bits per heavy atom. The van der Waals surface area contributed by atoms with Crippen molar-refractivity contribution in [1.82, 2.24) is 15.2 Å². The van der Waals surface area contributed by atoms with E-state index in [1.165, 1.54) is 28.8 Å². The Hall–Kier alpha value is -2.22. The summed E-state index contributed by atoms with van der Waals surface area (Å²) in [5.74, 6) is -0.724. The van der Waals surface area contributed by atoms with Gasteiger partial charge < -0.3 is 20.3 Å². The van der Waals surface area contributed by atoms with Gasteiger partial charge in [-0.1, -0.05) is 0 Å². The molecule has 1 aromatic carbocycles. The summed E-state index contributed by atoms with van der Waals surface area (Å²) in [6, 6.07) is 4.81. The van der Waals surface area contributed by atoms with Gasteiger partial charge in [-0.3, -0.25) is 0 Å². The third kappa shape index (κ3) is 4.64. The van der Waals surface area contributed by atoms with Crippen LogP contribution in [0.4, 0.5) is 9.18 Å². The second-order valence-corrected chi connectivity index (χ2v) is 6.49. The number of amides is 2. The molecular weight excluding hydrogens is 333 g/mol. The molecule has 6 nitrogen and oxygen atoms in total. The van der Waals surface area contributed by atoms with Gasteiger partial charge in [0, 0.05) is 23.6 Å². The van der Waals surface area contributed by atoms with Crippen LogP contribution in [0.15, 0.2) is 24.3 Å². The van der Waals surface area contributed by atoms with Crippen molar-refractivity contribution in [1.29, 1.82) is 0 Å². The number of carbonyl (C=O) groups is 2. The van der Waals surface area contributed by atoms with Crippen LogP contribution in [0.2, 0.25) is 0 Å². The number of aromatic amines is 1. The van der Waals surface area contributed by atoms with Crippen molar-refractivity contribution in [3.05, 3.63) is 35.8 Å². The van der Waals surface area contributed by atoms with Gasteiger partial charge in [0.1, 0.15) is 11.9 Å². The molecule has 1 atom stereocenters. The SMILES string of the molecule is CSCC[C@@H](NC(=O)N(C)Cc1cc2cc(F)ccc2[nH]1)C(=O)O. The number of carbonyl (C=O) groups excluding carboxylic acids is 1. The number of carboxylic acid groups (broad SMARTS) is 1. The summed E-state index contributed by atoms with van der Waals surface area (Å²) in [4.78, 5) is 27.8. The summed E-state index contributed by atoms with van der Waals surface area (Å²) in [5.41, 5.74) is 1.52. The van der Waals surface area contributed by atoms with Gasteiger partial charge in [-0.15, -0.1) is 0 Å².